The second-order valence-corrected chi connectivity index (χ2v) is 7.66. The average Bonchev–Trinajstić information content (AvgIpc) is 3.23. The third-order valence-electron chi connectivity index (χ3n) is 5.92. The maximum Gasteiger partial charge on any atom is 0.312 e. The minimum absolute atomic E-state index is 0.111. The summed E-state index contributed by atoms with van der Waals surface area (Å²) in [6, 6.07) is 3.55. The Labute approximate surface area is 147 Å². The van der Waals surface area contributed by atoms with E-state index in [9.17, 15) is 4.79 Å². The Balaban J connectivity index is 1.36. The topological polar surface area (TPSA) is 65.5 Å². The summed E-state index contributed by atoms with van der Waals surface area (Å²) in [4.78, 5) is 16.6. The number of nitrogens with zero attached hydrogens (tertiary/aromatic N) is 1. The number of allylic oxidation sites excluding steroid dienone is 1. The summed E-state index contributed by atoms with van der Waals surface area (Å²) in [6.07, 6.45) is 6.26. The Morgan fingerprint density at radius 2 is 2.28 bits per heavy atom. The Morgan fingerprint density at radius 3 is 2.96 bits per heavy atom. The first-order chi connectivity index (χ1) is 11.9. The quantitative estimate of drug-likeness (QED) is 0.598. The Kier molecular flexibility index (Phi) is 3.82. The number of rotatable bonds is 5. The molecule has 0 N–H and O–H groups in total. The monoisotopic (exact) mass is 341 g/mol. The van der Waals surface area contributed by atoms with Gasteiger partial charge in [-0.25, -0.2) is 4.98 Å². The highest BCUT2D eigenvalue weighted by Crippen LogP contribution is 2.59. The second kappa shape index (κ2) is 5.90. The van der Waals surface area contributed by atoms with Gasteiger partial charge in [0.15, 0.2) is 5.76 Å². The number of aryl methyl sites for hydroxylation is 1. The van der Waals surface area contributed by atoms with Crippen molar-refractivity contribution in [1.82, 2.24) is 4.98 Å². The maximum absolute atomic E-state index is 12.2. The summed E-state index contributed by atoms with van der Waals surface area (Å²) in [5.74, 6) is 2.62. The zero-order valence-corrected chi connectivity index (χ0v) is 14.9. The second-order valence-electron chi connectivity index (χ2n) is 7.66. The molecule has 0 aliphatic heterocycles. The van der Waals surface area contributed by atoms with E-state index in [1.807, 2.05) is 0 Å². The van der Waals surface area contributed by atoms with E-state index in [-0.39, 0.29) is 12.4 Å². The molecule has 25 heavy (non-hydrogen) atoms. The molecule has 0 saturated heterocycles. The molecule has 132 valence electrons. The summed E-state index contributed by atoms with van der Waals surface area (Å²) in [5, 5.41) is 0. The van der Waals surface area contributed by atoms with E-state index >= 15 is 0 Å². The van der Waals surface area contributed by atoms with Crippen LogP contribution in [0.5, 0.6) is 0 Å². The van der Waals surface area contributed by atoms with Gasteiger partial charge in [0, 0.05) is 0 Å². The number of carbonyl (C=O) groups is 1. The highest BCUT2D eigenvalue weighted by atomic mass is 16.5. The number of furan rings is 1. The molecular formula is C20H23NO4. The number of fused-ring (bicyclic) bond motifs is 1. The van der Waals surface area contributed by atoms with Crippen LogP contribution in [0.15, 0.2) is 38.9 Å². The summed E-state index contributed by atoms with van der Waals surface area (Å²) in [7, 11) is 0. The summed E-state index contributed by atoms with van der Waals surface area (Å²) in [5.41, 5.74) is 2.21. The number of ether oxygens (including phenoxy) is 1. The molecule has 0 unspecified atom stereocenters. The first-order valence-electron chi connectivity index (χ1n) is 8.80. The predicted octanol–water partition coefficient (Wildman–Crippen LogP) is 4.32. The first kappa shape index (κ1) is 16.2. The van der Waals surface area contributed by atoms with Crippen LogP contribution in [0.25, 0.3) is 11.7 Å². The van der Waals surface area contributed by atoms with Gasteiger partial charge >= 0.3 is 5.97 Å². The summed E-state index contributed by atoms with van der Waals surface area (Å²) < 4.78 is 16.4. The van der Waals surface area contributed by atoms with Gasteiger partial charge in [-0.15, -0.1) is 0 Å². The molecular weight excluding hydrogens is 318 g/mol. The van der Waals surface area contributed by atoms with Crippen LogP contribution < -0.4 is 0 Å². The molecule has 2 aromatic heterocycles. The van der Waals surface area contributed by atoms with Crippen LogP contribution in [0, 0.1) is 24.2 Å². The fraction of sp³-hybridized carbons (Fsp3) is 0.500. The maximum atomic E-state index is 12.2. The van der Waals surface area contributed by atoms with E-state index in [0.717, 1.165) is 12.3 Å². The highest BCUT2D eigenvalue weighted by Gasteiger charge is 2.51. The smallest absolute Gasteiger partial charge is 0.312 e. The van der Waals surface area contributed by atoms with Crippen molar-refractivity contribution in [3.8, 4) is 11.7 Å². The first-order valence-corrected chi connectivity index (χ1v) is 8.80. The van der Waals surface area contributed by atoms with Crippen LogP contribution >= 0.6 is 0 Å². The number of oxazole rings is 1. The number of hydrogen-bond acceptors (Lipinski definition) is 5. The summed E-state index contributed by atoms with van der Waals surface area (Å²) >= 11 is 0. The van der Waals surface area contributed by atoms with Crippen LogP contribution in [-0.2, 0) is 16.0 Å². The average molecular weight is 341 g/mol. The molecule has 3 aliphatic carbocycles. The third kappa shape index (κ3) is 2.81. The molecule has 3 aliphatic rings. The fourth-order valence-corrected chi connectivity index (χ4v) is 4.09. The molecule has 2 atom stereocenters. The number of carbonyl (C=O) groups excluding carboxylic acids is 1. The minimum atomic E-state index is -0.275. The van der Waals surface area contributed by atoms with Gasteiger partial charge in [-0.05, 0) is 54.7 Å². The lowest BCUT2D eigenvalue weighted by atomic mass is 9.49. The minimum Gasteiger partial charge on any atom is -0.461 e. The molecule has 5 rings (SSSR count). The van der Waals surface area contributed by atoms with Crippen LogP contribution in [0.1, 0.15) is 38.1 Å². The molecule has 2 aromatic rings. The van der Waals surface area contributed by atoms with Gasteiger partial charge < -0.3 is 13.6 Å². The number of esters is 1. The van der Waals surface area contributed by atoms with Gasteiger partial charge in [0.25, 0.3) is 5.89 Å². The molecule has 2 bridgehead atoms. The lowest BCUT2D eigenvalue weighted by molar-refractivity contribution is -0.142. The fourth-order valence-electron chi connectivity index (χ4n) is 4.09. The normalized spacial score (nSPS) is 23.7. The molecule has 0 aromatic carbocycles. The molecule has 5 nitrogen and oxygen atoms in total. The SMILES string of the molecule is Cc1oc(-c2ccco2)nc1CC(=O)OCC1=CC[C@H]2C[C@@H]1C2(C)C. The van der Waals surface area contributed by atoms with E-state index in [4.69, 9.17) is 13.6 Å². The van der Waals surface area contributed by atoms with Crippen molar-refractivity contribution >= 4 is 5.97 Å². The largest absolute Gasteiger partial charge is 0.461 e. The lowest BCUT2D eigenvalue weighted by Crippen LogP contribution is -2.48. The van der Waals surface area contributed by atoms with Crippen LogP contribution in [0.4, 0.5) is 0 Å². The van der Waals surface area contributed by atoms with Crippen molar-refractivity contribution in [2.24, 2.45) is 17.3 Å². The Bertz CT molecular complexity index is 813. The predicted molar refractivity (Wildman–Crippen MR) is 91.7 cm³/mol. The van der Waals surface area contributed by atoms with E-state index in [1.165, 1.54) is 12.0 Å². The number of aromatic nitrogens is 1. The van der Waals surface area contributed by atoms with Crippen molar-refractivity contribution in [1.29, 1.82) is 0 Å². The standard InChI is InChI=1S/C20H23NO4/c1-12-16(21-19(25-12)17-5-4-8-23-17)10-18(22)24-11-13-6-7-14-9-15(13)20(14,2)3/h4-6,8,14-15H,7,9-11H2,1-3H3/t14-,15-/m0/s1. The van der Waals surface area contributed by atoms with Crippen molar-refractivity contribution in [3.63, 3.8) is 0 Å². The van der Waals surface area contributed by atoms with E-state index < -0.39 is 0 Å². The molecule has 1 saturated carbocycles. The zero-order chi connectivity index (χ0) is 17.6. The summed E-state index contributed by atoms with van der Waals surface area (Å²) in [6.45, 7) is 6.81. The zero-order valence-electron chi connectivity index (χ0n) is 14.9. The molecule has 2 heterocycles. The van der Waals surface area contributed by atoms with E-state index in [1.54, 1.807) is 25.3 Å². The van der Waals surface area contributed by atoms with Crippen molar-refractivity contribution in [2.45, 2.75) is 40.0 Å². The van der Waals surface area contributed by atoms with Crippen molar-refractivity contribution in [3.05, 3.63) is 41.5 Å². The van der Waals surface area contributed by atoms with Gasteiger partial charge in [0.1, 0.15) is 12.4 Å². The van der Waals surface area contributed by atoms with Gasteiger partial charge in [-0.1, -0.05) is 19.9 Å². The van der Waals surface area contributed by atoms with Gasteiger partial charge in [-0.3, -0.25) is 4.79 Å². The molecule has 0 radical (unpaired) electrons. The van der Waals surface area contributed by atoms with Crippen molar-refractivity contribution < 1.29 is 18.4 Å². The molecule has 0 spiro atoms. The molecule has 5 heteroatoms. The Hall–Kier alpha value is -2.30. The third-order valence-corrected chi connectivity index (χ3v) is 5.92. The molecule has 1 fully saturated rings. The highest BCUT2D eigenvalue weighted by molar-refractivity contribution is 5.72. The van der Waals surface area contributed by atoms with Gasteiger partial charge in [0.2, 0.25) is 0 Å². The van der Waals surface area contributed by atoms with Crippen LogP contribution in [0.2, 0.25) is 0 Å². The van der Waals surface area contributed by atoms with E-state index in [0.29, 0.717) is 41.0 Å². The van der Waals surface area contributed by atoms with E-state index in [2.05, 4.69) is 24.9 Å². The van der Waals surface area contributed by atoms with Crippen molar-refractivity contribution in [2.75, 3.05) is 6.61 Å². The number of hydrogen-bond donors (Lipinski definition) is 0. The van der Waals surface area contributed by atoms with Gasteiger partial charge in [0.05, 0.1) is 18.4 Å². The van der Waals surface area contributed by atoms with Gasteiger partial charge in [-0.2, -0.15) is 0 Å². The van der Waals surface area contributed by atoms with Crippen LogP contribution in [-0.4, -0.2) is 17.6 Å². The molecule has 0 amide bonds. The Morgan fingerprint density at radius 1 is 1.44 bits per heavy atom. The lowest BCUT2D eigenvalue weighted by Gasteiger charge is -2.56. The van der Waals surface area contributed by atoms with Crippen LogP contribution in [0.3, 0.4) is 0 Å².